The fraction of sp³-hybridized carbons (Fsp3) is 0.263. The SMILES string of the molecule is CC(=O)Nc1cccc(NC(=O)c2cncc(C(=O)NC(C)(C)C)c2)c1. The van der Waals surface area contributed by atoms with Crippen LogP contribution in [0.3, 0.4) is 0 Å². The Hall–Kier alpha value is -3.22. The van der Waals surface area contributed by atoms with Crippen LogP contribution >= 0.6 is 0 Å². The van der Waals surface area contributed by atoms with Gasteiger partial charge in [-0.05, 0) is 45.0 Å². The molecule has 0 fully saturated rings. The van der Waals surface area contributed by atoms with Crippen LogP contribution in [0.25, 0.3) is 0 Å². The minimum absolute atomic E-state index is 0.199. The van der Waals surface area contributed by atoms with Crippen molar-refractivity contribution in [2.24, 2.45) is 0 Å². The first-order chi connectivity index (χ1) is 12.1. The first-order valence-electron chi connectivity index (χ1n) is 8.10. The maximum Gasteiger partial charge on any atom is 0.257 e. The van der Waals surface area contributed by atoms with Gasteiger partial charge in [-0.3, -0.25) is 19.4 Å². The molecule has 7 nitrogen and oxygen atoms in total. The molecule has 2 rings (SSSR count). The van der Waals surface area contributed by atoms with E-state index < -0.39 is 5.91 Å². The standard InChI is InChI=1S/C19H22N4O3/c1-12(24)21-15-6-5-7-16(9-15)22-17(25)13-8-14(11-20-10-13)18(26)23-19(2,3)4/h5-11H,1-4H3,(H,21,24)(H,22,25)(H,23,26). The molecule has 0 unspecified atom stereocenters. The molecule has 0 saturated heterocycles. The van der Waals surface area contributed by atoms with Crippen molar-refractivity contribution in [3.8, 4) is 0 Å². The van der Waals surface area contributed by atoms with Gasteiger partial charge in [-0.1, -0.05) is 6.07 Å². The number of nitrogens with one attached hydrogen (secondary N) is 3. The molecule has 0 radical (unpaired) electrons. The predicted octanol–water partition coefficient (Wildman–Crippen LogP) is 2.82. The minimum atomic E-state index is -0.400. The summed E-state index contributed by atoms with van der Waals surface area (Å²) < 4.78 is 0. The van der Waals surface area contributed by atoms with E-state index in [2.05, 4.69) is 20.9 Å². The second kappa shape index (κ2) is 7.77. The number of rotatable bonds is 4. The quantitative estimate of drug-likeness (QED) is 0.786. The van der Waals surface area contributed by atoms with Gasteiger partial charge in [0.1, 0.15) is 0 Å². The van der Waals surface area contributed by atoms with Gasteiger partial charge in [0, 0.05) is 36.2 Å². The van der Waals surface area contributed by atoms with E-state index >= 15 is 0 Å². The highest BCUT2D eigenvalue weighted by Crippen LogP contribution is 2.16. The molecule has 1 heterocycles. The molecule has 0 saturated carbocycles. The van der Waals surface area contributed by atoms with E-state index in [1.165, 1.54) is 25.4 Å². The van der Waals surface area contributed by atoms with E-state index in [9.17, 15) is 14.4 Å². The average Bonchev–Trinajstić information content (AvgIpc) is 2.53. The van der Waals surface area contributed by atoms with Crippen LogP contribution in [0.2, 0.25) is 0 Å². The van der Waals surface area contributed by atoms with Crippen LogP contribution in [0, 0.1) is 0 Å². The number of carbonyl (C=O) groups excluding carboxylic acids is 3. The summed E-state index contributed by atoms with van der Waals surface area (Å²) >= 11 is 0. The Labute approximate surface area is 152 Å². The lowest BCUT2D eigenvalue weighted by atomic mass is 10.1. The van der Waals surface area contributed by atoms with E-state index in [1.54, 1.807) is 24.3 Å². The Kier molecular flexibility index (Phi) is 5.71. The Morgan fingerprint density at radius 2 is 1.46 bits per heavy atom. The van der Waals surface area contributed by atoms with Crippen molar-refractivity contribution in [1.29, 1.82) is 0 Å². The van der Waals surface area contributed by atoms with Crippen molar-refractivity contribution < 1.29 is 14.4 Å². The topological polar surface area (TPSA) is 100 Å². The molecule has 3 amide bonds. The molecule has 2 aromatic rings. The highest BCUT2D eigenvalue weighted by atomic mass is 16.2. The van der Waals surface area contributed by atoms with E-state index in [0.717, 1.165) is 0 Å². The van der Waals surface area contributed by atoms with Gasteiger partial charge in [-0.2, -0.15) is 0 Å². The molecule has 3 N–H and O–H groups in total. The van der Waals surface area contributed by atoms with E-state index in [1.807, 2.05) is 20.8 Å². The summed E-state index contributed by atoms with van der Waals surface area (Å²) in [6, 6.07) is 8.26. The van der Waals surface area contributed by atoms with E-state index in [0.29, 0.717) is 16.9 Å². The van der Waals surface area contributed by atoms with Gasteiger partial charge < -0.3 is 16.0 Å². The summed E-state index contributed by atoms with van der Waals surface area (Å²) in [6.45, 7) is 7.02. The number of pyridine rings is 1. The van der Waals surface area contributed by atoms with Gasteiger partial charge >= 0.3 is 0 Å². The monoisotopic (exact) mass is 354 g/mol. The molecule has 0 atom stereocenters. The molecule has 0 aliphatic heterocycles. The number of hydrogen-bond donors (Lipinski definition) is 3. The summed E-state index contributed by atoms with van der Waals surface area (Å²) in [6.07, 6.45) is 2.80. The fourth-order valence-electron chi connectivity index (χ4n) is 2.18. The van der Waals surface area contributed by atoms with Crippen LogP contribution in [0.4, 0.5) is 11.4 Å². The molecular weight excluding hydrogens is 332 g/mol. The van der Waals surface area contributed by atoms with Crippen molar-refractivity contribution in [2.75, 3.05) is 10.6 Å². The van der Waals surface area contributed by atoms with Crippen molar-refractivity contribution >= 4 is 29.1 Å². The van der Waals surface area contributed by atoms with Crippen LogP contribution in [-0.2, 0) is 4.79 Å². The molecule has 0 spiro atoms. The third-order valence-corrected chi connectivity index (χ3v) is 3.19. The summed E-state index contributed by atoms with van der Waals surface area (Å²) in [5.74, 6) is -0.898. The zero-order valence-corrected chi connectivity index (χ0v) is 15.2. The van der Waals surface area contributed by atoms with Crippen molar-refractivity contribution in [1.82, 2.24) is 10.3 Å². The third-order valence-electron chi connectivity index (χ3n) is 3.19. The van der Waals surface area contributed by atoms with Gasteiger partial charge in [0.25, 0.3) is 11.8 Å². The van der Waals surface area contributed by atoms with Crippen molar-refractivity contribution in [3.05, 3.63) is 53.9 Å². The summed E-state index contributed by atoms with van der Waals surface area (Å²) in [5.41, 5.74) is 1.27. The van der Waals surface area contributed by atoms with E-state index in [4.69, 9.17) is 0 Å². The molecule has 26 heavy (non-hydrogen) atoms. The number of amides is 3. The number of benzene rings is 1. The molecule has 0 aliphatic rings. The van der Waals surface area contributed by atoms with Crippen LogP contribution in [0.1, 0.15) is 48.4 Å². The van der Waals surface area contributed by atoms with Crippen molar-refractivity contribution in [2.45, 2.75) is 33.2 Å². The highest BCUT2D eigenvalue weighted by Gasteiger charge is 2.17. The van der Waals surface area contributed by atoms with Crippen LogP contribution in [-0.4, -0.2) is 28.2 Å². The first kappa shape index (κ1) is 19.1. The van der Waals surface area contributed by atoms with Gasteiger partial charge in [-0.25, -0.2) is 0 Å². The zero-order valence-electron chi connectivity index (χ0n) is 15.2. The summed E-state index contributed by atoms with van der Waals surface area (Å²) in [5, 5.41) is 8.20. The Balaban J connectivity index is 2.14. The number of nitrogens with zero attached hydrogens (tertiary/aromatic N) is 1. The zero-order chi connectivity index (χ0) is 19.3. The van der Waals surface area contributed by atoms with Crippen LogP contribution in [0.15, 0.2) is 42.7 Å². The van der Waals surface area contributed by atoms with Crippen LogP contribution < -0.4 is 16.0 Å². The van der Waals surface area contributed by atoms with Gasteiger partial charge in [0.2, 0.25) is 5.91 Å². The third kappa shape index (κ3) is 5.70. The maximum absolute atomic E-state index is 12.4. The van der Waals surface area contributed by atoms with Crippen molar-refractivity contribution in [3.63, 3.8) is 0 Å². The molecular formula is C19H22N4O3. The largest absolute Gasteiger partial charge is 0.347 e. The number of carbonyl (C=O) groups is 3. The highest BCUT2D eigenvalue weighted by molar-refractivity contribution is 6.06. The second-order valence-corrected chi connectivity index (χ2v) is 6.88. The Bertz CT molecular complexity index is 841. The lowest BCUT2D eigenvalue weighted by molar-refractivity contribution is -0.114. The molecule has 1 aromatic carbocycles. The number of aromatic nitrogens is 1. The lowest BCUT2D eigenvalue weighted by Crippen LogP contribution is -2.40. The first-order valence-corrected chi connectivity index (χ1v) is 8.10. The molecule has 0 aliphatic carbocycles. The fourth-order valence-corrected chi connectivity index (χ4v) is 2.18. The Morgan fingerprint density at radius 3 is 2.04 bits per heavy atom. The van der Waals surface area contributed by atoms with Gasteiger partial charge in [0.15, 0.2) is 0 Å². The smallest absolute Gasteiger partial charge is 0.257 e. The average molecular weight is 354 g/mol. The van der Waals surface area contributed by atoms with Gasteiger partial charge in [-0.15, -0.1) is 0 Å². The van der Waals surface area contributed by atoms with Gasteiger partial charge in [0.05, 0.1) is 11.1 Å². The molecule has 136 valence electrons. The number of hydrogen-bond acceptors (Lipinski definition) is 4. The van der Waals surface area contributed by atoms with E-state index in [-0.39, 0.29) is 22.9 Å². The molecule has 0 bridgehead atoms. The minimum Gasteiger partial charge on any atom is -0.347 e. The Morgan fingerprint density at radius 1 is 0.885 bits per heavy atom. The lowest BCUT2D eigenvalue weighted by Gasteiger charge is -2.20. The molecule has 1 aromatic heterocycles. The summed E-state index contributed by atoms with van der Waals surface area (Å²) in [4.78, 5) is 39.8. The molecule has 7 heteroatoms. The number of anilines is 2. The predicted molar refractivity (Wildman–Crippen MR) is 100 cm³/mol. The summed E-state index contributed by atoms with van der Waals surface area (Å²) in [7, 11) is 0. The maximum atomic E-state index is 12.4. The normalized spacial score (nSPS) is 10.8. The van der Waals surface area contributed by atoms with Crippen LogP contribution in [0.5, 0.6) is 0 Å². The second-order valence-electron chi connectivity index (χ2n) is 6.88.